The van der Waals surface area contributed by atoms with Gasteiger partial charge in [0, 0.05) is 6.92 Å². The van der Waals surface area contributed by atoms with Crippen LogP contribution in [0.1, 0.15) is 169 Å². The van der Waals surface area contributed by atoms with Crippen molar-refractivity contribution in [1.29, 1.82) is 0 Å². The van der Waals surface area contributed by atoms with Gasteiger partial charge in [-0.05, 0) is 18.3 Å². The van der Waals surface area contributed by atoms with Crippen LogP contribution in [0.5, 0.6) is 0 Å². The largest absolute Gasteiger partial charge is 0.479 e. The average Bonchev–Trinajstić information content (AvgIpc) is 2.81. The minimum Gasteiger partial charge on any atom is -0.479 e. The molecule has 220 valence electrons. The summed E-state index contributed by atoms with van der Waals surface area (Å²) >= 11 is 0. The van der Waals surface area contributed by atoms with E-state index in [1.165, 1.54) is 129 Å². The summed E-state index contributed by atoms with van der Waals surface area (Å²) in [6.07, 6.45) is 28.6. The Bertz CT molecular complexity index is 524. The van der Waals surface area contributed by atoms with Crippen LogP contribution in [0.2, 0.25) is 0 Å². The Labute approximate surface area is 229 Å². The lowest BCUT2D eigenvalue weighted by Gasteiger charge is -2.17. The highest BCUT2D eigenvalue weighted by atomic mass is 16.5. The molecular formula is C32H62O5. The van der Waals surface area contributed by atoms with Gasteiger partial charge in [0.15, 0.2) is 6.10 Å². The van der Waals surface area contributed by atoms with Gasteiger partial charge in [0.1, 0.15) is 0 Å². The molecule has 0 saturated carbocycles. The number of ether oxygens (including phenoxy) is 1. The zero-order chi connectivity index (χ0) is 28.2. The van der Waals surface area contributed by atoms with Crippen LogP contribution in [0.15, 0.2) is 12.8 Å². The van der Waals surface area contributed by atoms with Gasteiger partial charge in [0.2, 0.25) is 0 Å². The highest BCUT2D eigenvalue weighted by molar-refractivity contribution is 5.71. The normalized spacial score (nSPS) is 11.9. The van der Waals surface area contributed by atoms with Crippen molar-refractivity contribution in [3.8, 4) is 0 Å². The first-order valence-corrected chi connectivity index (χ1v) is 15.3. The molecule has 1 unspecified atom stereocenters. The van der Waals surface area contributed by atoms with Crippen LogP contribution in [0.3, 0.4) is 0 Å². The molecule has 0 aliphatic heterocycles. The SMILES string of the molecule is C=COC(C)=O.CC(C)(C)CCCCCCCCCCCCCCCCCCCCCCC(O)C(=O)O. The Morgan fingerprint density at radius 3 is 1.19 bits per heavy atom. The van der Waals surface area contributed by atoms with Crippen LogP contribution in [0.25, 0.3) is 0 Å². The minimum absolute atomic E-state index is 0.329. The third kappa shape index (κ3) is 36.9. The van der Waals surface area contributed by atoms with E-state index in [1.807, 2.05) is 0 Å². The van der Waals surface area contributed by atoms with E-state index in [2.05, 4.69) is 32.1 Å². The topological polar surface area (TPSA) is 83.8 Å². The summed E-state index contributed by atoms with van der Waals surface area (Å²) in [5.41, 5.74) is 0.513. The molecule has 0 rings (SSSR count). The summed E-state index contributed by atoms with van der Waals surface area (Å²) < 4.78 is 4.17. The maximum Gasteiger partial charge on any atom is 0.332 e. The van der Waals surface area contributed by atoms with E-state index in [4.69, 9.17) is 5.11 Å². The lowest BCUT2D eigenvalue weighted by Crippen LogP contribution is -2.18. The van der Waals surface area contributed by atoms with Crippen molar-refractivity contribution in [2.75, 3.05) is 0 Å². The summed E-state index contributed by atoms with van der Waals surface area (Å²) in [5.74, 6) is -1.42. The summed E-state index contributed by atoms with van der Waals surface area (Å²) in [4.78, 5) is 20.3. The van der Waals surface area contributed by atoms with E-state index in [0.29, 0.717) is 11.8 Å². The molecule has 0 aliphatic rings. The fourth-order valence-electron chi connectivity index (χ4n) is 4.42. The number of aliphatic hydroxyl groups excluding tert-OH is 1. The quantitative estimate of drug-likeness (QED) is 0.0742. The molecule has 5 heteroatoms. The second kappa shape index (κ2) is 27.7. The van der Waals surface area contributed by atoms with E-state index in [1.54, 1.807) is 0 Å². The number of carbonyl (C=O) groups is 2. The van der Waals surface area contributed by atoms with Crippen LogP contribution in [0, 0.1) is 5.41 Å². The molecule has 0 aromatic rings. The minimum atomic E-state index is -1.17. The lowest BCUT2D eigenvalue weighted by atomic mass is 9.89. The van der Waals surface area contributed by atoms with Crippen LogP contribution < -0.4 is 0 Å². The summed E-state index contributed by atoms with van der Waals surface area (Å²) in [7, 11) is 0. The van der Waals surface area contributed by atoms with Crippen molar-refractivity contribution in [2.45, 2.75) is 175 Å². The second-order valence-corrected chi connectivity index (χ2v) is 11.8. The first-order chi connectivity index (χ1) is 17.6. The van der Waals surface area contributed by atoms with E-state index in [0.717, 1.165) is 19.1 Å². The predicted molar refractivity (Wildman–Crippen MR) is 157 cm³/mol. The maximum atomic E-state index is 10.5. The molecule has 0 radical (unpaired) electrons. The van der Waals surface area contributed by atoms with Crippen molar-refractivity contribution in [1.82, 2.24) is 0 Å². The number of rotatable bonds is 24. The molecule has 5 nitrogen and oxygen atoms in total. The number of carbonyl (C=O) groups excluding carboxylic acids is 1. The van der Waals surface area contributed by atoms with Gasteiger partial charge in [-0.2, -0.15) is 0 Å². The predicted octanol–water partition coefficient (Wildman–Crippen LogP) is 9.75. The molecule has 2 N–H and O–H groups in total. The number of aliphatic carboxylic acids is 1. The number of carboxylic acid groups (broad SMARTS) is 1. The highest BCUT2D eigenvalue weighted by Crippen LogP contribution is 2.22. The zero-order valence-corrected chi connectivity index (χ0v) is 25.0. The number of unbranched alkanes of at least 4 members (excludes halogenated alkanes) is 19. The zero-order valence-electron chi connectivity index (χ0n) is 25.0. The third-order valence-corrected chi connectivity index (χ3v) is 6.69. The molecular weight excluding hydrogens is 464 g/mol. The van der Waals surface area contributed by atoms with Gasteiger partial charge in [-0.15, -0.1) is 0 Å². The number of hydrogen-bond acceptors (Lipinski definition) is 4. The van der Waals surface area contributed by atoms with Crippen molar-refractivity contribution in [2.24, 2.45) is 5.41 Å². The molecule has 0 amide bonds. The van der Waals surface area contributed by atoms with Crippen molar-refractivity contribution in [3.63, 3.8) is 0 Å². The van der Waals surface area contributed by atoms with Gasteiger partial charge in [-0.1, -0.05) is 156 Å². The summed E-state index contributed by atoms with van der Waals surface area (Å²) in [6.45, 7) is 11.5. The Hall–Kier alpha value is -1.36. The van der Waals surface area contributed by atoms with Crippen molar-refractivity contribution in [3.05, 3.63) is 12.8 Å². The fraction of sp³-hybridized carbons (Fsp3) is 0.875. The number of aliphatic hydroxyl groups is 1. The smallest absolute Gasteiger partial charge is 0.332 e. The fourth-order valence-corrected chi connectivity index (χ4v) is 4.42. The lowest BCUT2D eigenvalue weighted by molar-refractivity contribution is -0.147. The molecule has 1 atom stereocenters. The van der Waals surface area contributed by atoms with E-state index in [9.17, 15) is 14.7 Å². The Morgan fingerprint density at radius 2 is 0.973 bits per heavy atom. The van der Waals surface area contributed by atoms with E-state index >= 15 is 0 Å². The monoisotopic (exact) mass is 526 g/mol. The van der Waals surface area contributed by atoms with Gasteiger partial charge in [-0.3, -0.25) is 4.79 Å². The molecule has 0 aromatic heterocycles. The van der Waals surface area contributed by atoms with Crippen molar-refractivity contribution >= 4 is 11.9 Å². The molecule has 0 bridgehead atoms. The Balaban J connectivity index is 0. The highest BCUT2D eigenvalue weighted by Gasteiger charge is 2.11. The van der Waals surface area contributed by atoms with Crippen molar-refractivity contribution < 1.29 is 24.5 Å². The van der Waals surface area contributed by atoms with Gasteiger partial charge in [-0.25, -0.2) is 4.79 Å². The standard InChI is InChI=1S/C28H56O3.C4H6O2/c1-28(2,3)25-23-21-19-17-15-13-11-9-7-5-4-6-8-10-12-14-16-18-20-22-24-26(29)27(30)31;1-3-6-4(2)5/h26,29H,4-25H2,1-3H3,(H,30,31);3H,1H2,2H3. The number of esters is 1. The molecule has 0 heterocycles. The first kappa shape index (κ1) is 37.8. The summed E-state index contributed by atoms with van der Waals surface area (Å²) in [6, 6.07) is 0. The number of carboxylic acids is 1. The third-order valence-electron chi connectivity index (χ3n) is 6.69. The van der Waals surface area contributed by atoms with Crippen LogP contribution >= 0.6 is 0 Å². The summed E-state index contributed by atoms with van der Waals surface area (Å²) in [5, 5.41) is 17.8. The second-order valence-electron chi connectivity index (χ2n) is 11.8. The molecule has 37 heavy (non-hydrogen) atoms. The maximum absolute atomic E-state index is 10.5. The first-order valence-electron chi connectivity index (χ1n) is 15.3. The van der Waals surface area contributed by atoms with Gasteiger partial charge >= 0.3 is 11.9 Å². The van der Waals surface area contributed by atoms with Gasteiger partial charge < -0.3 is 14.9 Å². The van der Waals surface area contributed by atoms with Gasteiger partial charge in [0.25, 0.3) is 0 Å². The average molecular weight is 527 g/mol. The van der Waals surface area contributed by atoms with E-state index in [-0.39, 0.29) is 5.97 Å². The Morgan fingerprint density at radius 1 is 0.676 bits per heavy atom. The van der Waals surface area contributed by atoms with Gasteiger partial charge in [0.05, 0.1) is 6.26 Å². The molecule has 0 saturated heterocycles. The molecule has 0 aromatic carbocycles. The Kier molecular flexibility index (Phi) is 28.3. The van der Waals surface area contributed by atoms with Crippen LogP contribution in [0.4, 0.5) is 0 Å². The van der Waals surface area contributed by atoms with E-state index < -0.39 is 12.1 Å². The van der Waals surface area contributed by atoms with Crippen LogP contribution in [-0.4, -0.2) is 28.3 Å². The molecule has 0 fully saturated rings. The molecule has 0 spiro atoms. The van der Waals surface area contributed by atoms with Crippen LogP contribution in [-0.2, 0) is 14.3 Å². The molecule has 0 aliphatic carbocycles. The number of hydrogen-bond donors (Lipinski definition) is 2.